The van der Waals surface area contributed by atoms with Gasteiger partial charge in [0.1, 0.15) is 6.42 Å². The van der Waals surface area contributed by atoms with E-state index in [4.69, 9.17) is 15.8 Å². The molecule has 0 radical (unpaired) electrons. The third kappa shape index (κ3) is 10.2. The van der Waals surface area contributed by atoms with Crippen LogP contribution in [0.5, 0.6) is 0 Å². The van der Waals surface area contributed by atoms with Gasteiger partial charge in [-0.15, -0.1) is 0 Å². The third-order valence-electron chi connectivity index (χ3n) is 1.13. The summed E-state index contributed by atoms with van der Waals surface area (Å²) in [5.74, 6) is 0. The van der Waals surface area contributed by atoms with Crippen molar-refractivity contribution in [1.29, 1.82) is 0 Å². The van der Waals surface area contributed by atoms with Crippen LogP contribution in [-0.2, 0) is 4.52 Å². The van der Waals surface area contributed by atoms with Gasteiger partial charge in [-0.2, -0.15) is 0 Å². The molecule has 0 heterocycles. The largest absolute Gasteiger partial charge is 0.330 e. The van der Waals surface area contributed by atoms with E-state index in [-0.39, 0.29) is 0 Å². The second kappa shape index (κ2) is 8.44. The van der Waals surface area contributed by atoms with E-state index in [0.29, 0.717) is 25.1 Å². The van der Waals surface area contributed by atoms with Crippen LogP contribution in [0.2, 0.25) is 0 Å². The molecule has 0 aliphatic carbocycles. The van der Waals surface area contributed by atoms with Gasteiger partial charge < -0.3 is 4.52 Å². The van der Waals surface area contributed by atoms with E-state index in [0.717, 1.165) is 0 Å². The molecule has 1 N–H and O–H groups in total. The number of hydrogen-bond donors (Lipinski definition) is 1. The minimum Gasteiger partial charge on any atom is -0.330 e. The van der Waals surface area contributed by atoms with E-state index in [2.05, 4.69) is 16.0 Å². The fraction of sp³-hybridized carbons (Fsp3) is 0.889. The van der Waals surface area contributed by atoms with Crippen molar-refractivity contribution in [2.45, 2.75) is 46.2 Å². The fourth-order valence-corrected chi connectivity index (χ4v) is 2.18. The Morgan fingerprint density at radius 2 is 2.07 bits per heavy atom. The van der Waals surface area contributed by atoms with Crippen molar-refractivity contribution in [2.24, 2.45) is 0 Å². The normalized spacial score (nSPS) is 12.8. The van der Waals surface area contributed by atoms with Gasteiger partial charge in [-0.3, -0.25) is 5.09 Å². The first-order chi connectivity index (χ1) is 6.52. The smallest absolute Gasteiger partial charge is 0.275 e. The molecule has 82 valence electrons. The molecule has 0 aromatic heterocycles. The van der Waals surface area contributed by atoms with Gasteiger partial charge in [-0.05, 0) is 25.1 Å². The van der Waals surface area contributed by atoms with Crippen molar-refractivity contribution >= 4 is 18.9 Å². The van der Waals surface area contributed by atoms with E-state index in [1.165, 1.54) is 0 Å². The monoisotopic (exact) mass is 237 g/mol. The van der Waals surface area contributed by atoms with E-state index in [9.17, 15) is 0 Å². The summed E-state index contributed by atoms with van der Waals surface area (Å²) in [7, 11) is -1.01. The van der Waals surface area contributed by atoms with E-state index < -0.39 is 7.65 Å². The molecule has 0 aliphatic rings. The molecule has 0 spiro atoms. The molecular formula is C9H19ClN2OP+. The molecular weight excluding hydrogens is 219 g/mol. The number of nitrogens with zero attached hydrogens (tertiary/aromatic N) is 1. The summed E-state index contributed by atoms with van der Waals surface area (Å²) in [5, 5.41) is 3.09. The number of halogens is 1. The van der Waals surface area contributed by atoms with Crippen molar-refractivity contribution in [3.05, 3.63) is 4.85 Å². The standard InChI is InChI=1S/C9H19ClN2OP/c1-8(2)11-6-5-7-13-14(10)12-9(3)4/h8-9,12H,5,7H2,1-4H3/q+1. The molecule has 0 rings (SSSR count). The molecule has 0 fully saturated rings. The Kier molecular flexibility index (Phi) is 8.52. The summed E-state index contributed by atoms with van der Waals surface area (Å²) in [6.45, 7) is 8.68. The van der Waals surface area contributed by atoms with Gasteiger partial charge in [-0.1, -0.05) is 4.85 Å². The Morgan fingerprint density at radius 3 is 2.57 bits per heavy atom. The quantitative estimate of drug-likeness (QED) is 0.584. The molecule has 3 nitrogen and oxygen atoms in total. The predicted octanol–water partition coefficient (Wildman–Crippen LogP) is 3.60. The minimum absolute atomic E-state index is 0.307. The Bertz CT molecular complexity index is 201. The van der Waals surface area contributed by atoms with Crippen LogP contribution >= 0.6 is 18.9 Å². The van der Waals surface area contributed by atoms with Crippen LogP contribution in [0.25, 0.3) is 4.85 Å². The van der Waals surface area contributed by atoms with Gasteiger partial charge in [0.25, 0.3) is 12.1 Å². The predicted molar refractivity (Wildman–Crippen MR) is 64.0 cm³/mol. The van der Waals surface area contributed by atoms with Crippen molar-refractivity contribution in [2.75, 3.05) is 6.61 Å². The maximum Gasteiger partial charge on any atom is 0.275 e. The maximum absolute atomic E-state index is 5.89. The summed E-state index contributed by atoms with van der Waals surface area (Å²) in [4.78, 5) is 4.10. The van der Waals surface area contributed by atoms with E-state index in [1.54, 1.807) is 0 Å². The highest BCUT2D eigenvalue weighted by Crippen LogP contribution is 2.38. The minimum atomic E-state index is -1.01. The lowest BCUT2D eigenvalue weighted by molar-refractivity contribution is 0.362. The fourth-order valence-electron chi connectivity index (χ4n) is 0.659. The maximum atomic E-state index is 5.89. The van der Waals surface area contributed by atoms with Gasteiger partial charge in [-0.25, -0.2) is 0 Å². The second-order valence-electron chi connectivity index (χ2n) is 3.49. The van der Waals surface area contributed by atoms with Crippen molar-refractivity contribution in [3.8, 4) is 6.07 Å². The van der Waals surface area contributed by atoms with Gasteiger partial charge >= 0.3 is 0 Å². The molecule has 14 heavy (non-hydrogen) atoms. The summed E-state index contributed by atoms with van der Waals surface area (Å²) < 4.78 is 5.33. The van der Waals surface area contributed by atoms with Gasteiger partial charge in [0.15, 0.2) is 0 Å². The number of nitrogens with one attached hydrogen (secondary N) is 1. The van der Waals surface area contributed by atoms with Gasteiger partial charge in [0.05, 0.1) is 6.61 Å². The topological polar surface area (TPSA) is 25.6 Å². The highest BCUT2D eigenvalue weighted by Gasteiger charge is 2.06. The number of hydrogen-bond acceptors (Lipinski definition) is 2. The first kappa shape index (κ1) is 14.1. The average Bonchev–Trinajstić information content (AvgIpc) is 2.01. The summed E-state index contributed by atoms with van der Waals surface area (Å²) in [5.41, 5.74) is 0. The summed E-state index contributed by atoms with van der Waals surface area (Å²) in [6.07, 6.45) is 0.698. The van der Waals surface area contributed by atoms with Crippen LogP contribution in [-0.4, -0.2) is 18.7 Å². The summed E-state index contributed by atoms with van der Waals surface area (Å²) >= 11 is 5.89. The molecule has 1 atom stereocenters. The Morgan fingerprint density at radius 1 is 1.43 bits per heavy atom. The van der Waals surface area contributed by atoms with Crippen LogP contribution in [0, 0.1) is 6.07 Å². The molecule has 0 aromatic carbocycles. The molecule has 1 unspecified atom stereocenters. The van der Waals surface area contributed by atoms with Gasteiger partial charge in [0.2, 0.25) is 7.65 Å². The summed E-state index contributed by atoms with van der Waals surface area (Å²) in [6, 6.07) is 3.58. The van der Waals surface area contributed by atoms with Crippen LogP contribution in [0.3, 0.4) is 0 Å². The van der Waals surface area contributed by atoms with Crippen LogP contribution in [0.4, 0.5) is 0 Å². The number of rotatable bonds is 5. The third-order valence-corrected chi connectivity index (χ3v) is 2.84. The lowest BCUT2D eigenvalue weighted by Crippen LogP contribution is -2.15. The van der Waals surface area contributed by atoms with Crippen molar-refractivity contribution in [3.63, 3.8) is 0 Å². The molecule has 0 aromatic rings. The second-order valence-corrected chi connectivity index (χ2v) is 5.42. The Labute approximate surface area is 92.7 Å². The SMILES string of the molecule is CC(C)[N+]#CCCOP(Cl)NC(C)C. The van der Waals surface area contributed by atoms with E-state index in [1.807, 2.05) is 27.7 Å². The highest BCUT2D eigenvalue weighted by atomic mass is 35.7. The molecule has 0 saturated heterocycles. The first-order valence-electron chi connectivity index (χ1n) is 4.80. The Hall–Kier alpha value is 0.130. The zero-order valence-electron chi connectivity index (χ0n) is 9.25. The highest BCUT2D eigenvalue weighted by molar-refractivity contribution is 7.78. The average molecular weight is 238 g/mol. The zero-order valence-corrected chi connectivity index (χ0v) is 10.9. The lowest BCUT2D eigenvalue weighted by Gasteiger charge is -2.12. The molecule has 0 bridgehead atoms. The van der Waals surface area contributed by atoms with Gasteiger partial charge in [0, 0.05) is 19.9 Å². The van der Waals surface area contributed by atoms with Crippen molar-refractivity contribution < 1.29 is 4.52 Å². The molecule has 5 heteroatoms. The first-order valence-corrected chi connectivity index (χ1v) is 6.96. The molecule has 0 aliphatic heterocycles. The van der Waals surface area contributed by atoms with Crippen molar-refractivity contribution in [1.82, 2.24) is 5.09 Å². The molecule has 0 amide bonds. The molecule has 0 saturated carbocycles. The lowest BCUT2D eigenvalue weighted by atomic mass is 10.4. The van der Waals surface area contributed by atoms with Crippen LogP contribution in [0.15, 0.2) is 0 Å². The zero-order chi connectivity index (χ0) is 11.0. The van der Waals surface area contributed by atoms with Crippen LogP contribution < -0.4 is 5.09 Å². The Balaban J connectivity index is 3.41. The van der Waals surface area contributed by atoms with Crippen LogP contribution in [0.1, 0.15) is 34.1 Å². The van der Waals surface area contributed by atoms with E-state index >= 15 is 0 Å².